The molecule has 2 heterocycles. The van der Waals surface area contributed by atoms with Crippen LogP contribution in [0.15, 0.2) is 40.8 Å². The third kappa shape index (κ3) is 2.13. The van der Waals surface area contributed by atoms with Gasteiger partial charge in [-0.3, -0.25) is 9.69 Å². The molecule has 0 radical (unpaired) electrons. The van der Waals surface area contributed by atoms with Crippen molar-refractivity contribution in [3.05, 3.63) is 47.9 Å². The molecular weight excluding hydrogens is 260 g/mol. The van der Waals surface area contributed by atoms with E-state index < -0.39 is 0 Å². The smallest absolute Gasteiger partial charge is 0.295 e. The van der Waals surface area contributed by atoms with Crippen LogP contribution in [-0.4, -0.2) is 17.9 Å². The molecule has 1 aromatic carbocycles. The van der Waals surface area contributed by atoms with E-state index in [1.807, 2.05) is 31.2 Å². The number of nitrogens with zero attached hydrogens (tertiary/aromatic N) is 2. The molecule has 0 saturated carbocycles. The lowest BCUT2D eigenvalue weighted by Gasteiger charge is -2.11. The zero-order chi connectivity index (χ0) is 13.4. The normalized spacial score (nSPS) is 10.8. The van der Waals surface area contributed by atoms with Gasteiger partial charge in [0.25, 0.3) is 5.91 Å². The third-order valence-corrected chi connectivity index (χ3v) is 3.94. The number of hydrogen-bond donors (Lipinski definition) is 0. The first kappa shape index (κ1) is 11.9. The van der Waals surface area contributed by atoms with E-state index in [-0.39, 0.29) is 5.91 Å². The Morgan fingerprint density at radius 1 is 1.26 bits per heavy atom. The summed E-state index contributed by atoms with van der Waals surface area (Å²) < 4.78 is 6.41. The zero-order valence-corrected chi connectivity index (χ0v) is 11.4. The number of fused-ring (bicyclic) bond motifs is 1. The van der Waals surface area contributed by atoms with Crippen molar-refractivity contribution in [1.29, 1.82) is 0 Å². The summed E-state index contributed by atoms with van der Waals surface area (Å²) in [5.41, 5.74) is 0.901. The lowest BCUT2D eigenvalue weighted by molar-refractivity contribution is 0.0965. The number of hydrogen-bond acceptors (Lipinski definition) is 4. The molecule has 0 saturated heterocycles. The first-order valence-corrected chi connectivity index (χ1v) is 6.67. The summed E-state index contributed by atoms with van der Waals surface area (Å²) in [4.78, 5) is 18.2. The van der Waals surface area contributed by atoms with Crippen LogP contribution in [0.3, 0.4) is 0 Å². The van der Waals surface area contributed by atoms with Gasteiger partial charge in [-0.2, -0.15) is 0 Å². The lowest BCUT2D eigenvalue weighted by Crippen LogP contribution is -2.25. The van der Waals surface area contributed by atoms with Gasteiger partial charge in [0.1, 0.15) is 5.76 Å². The lowest BCUT2D eigenvalue weighted by atomic mass is 10.3. The number of aryl methyl sites for hydroxylation is 1. The van der Waals surface area contributed by atoms with Gasteiger partial charge in [0, 0.05) is 7.05 Å². The van der Waals surface area contributed by atoms with E-state index in [1.165, 1.54) is 16.2 Å². The average Bonchev–Trinajstić information content (AvgIpc) is 3.02. The third-order valence-electron chi connectivity index (χ3n) is 2.83. The monoisotopic (exact) mass is 272 g/mol. The van der Waals surface area contributed by atoms with Crippen LogP contribution in [0.2, 0.25) is 0 Å². The molecule has 0 unspecified atom stereocenters. The number of carbonyl (C=O) groups is 1. The molecule has 1 amide bonds. The quantitative estimate of drug-likeness (QED) is 0.717. The van der Waals surface area contributed by atoms with E-state index in [9.17, 15) is 4.79 Å². The van der Waals surface area contributed by atoms with E-state index in [2.05, 4.69) is 4.98 Å². The van der Waals surface area contributed by atoms with E-state index in [0.29, 0.717) is 10.9 Å². The maximum absolute atomic E-state index is 12.2. The van der Waals surface area contributed by atoms with Crippen molar-refractivity contribution < 1.29 is 9.21 Å². The number of anilines is 1. The van der Waals surface area contributed by atoms with Gasteiger partial charge >= 0.3 is 0 Å². The van der Waals surface area contributed by atoms with Crippen molar-refractivity contribution in [3.8, 4) is 0 Å². The molecular formula is C14H12N2O2S. The molecule has 3 aromatic rings. The van der Waals surface area contributed by atoms with Crippen molar-refractivity contribution in [2.75, 3.05) is 11.9 Å². The van der Waals surface area contributed by atoms with Gasteiger partial charge in [0.05, 0.1) is 10.2 Å². The number of benzene rings is 1. The van der Waals surface area contributed by atoms with E-state index in [0.717, 1.165) is 16.0 Å². The average molecular weight is 272 g/mol. The summed E-state index contributed by atoms with van der Waals surface area (Å²) in [5.74, 6) is 0.868. The predicted octanol–water partition coefficient (Wildman–Crippen LogP) is 3.47. The minimum absolute atomic E-state index is 0.188. The highest BCUT2D eigenvalue weighted by atomic mass is 32.1. The van der Waals surface area contributed by atoms with Crippen LogP contribution >= 0.6 is 11.3 Å². The van der Waals surface area contributed by atoms with E-state index in [4.69, 9.17) is 4.42 Å². The molecule has 0 spiro atoms. The summed E-state index contributed by atoms with van der Waals surface area (Å²) in [6.07, 6.45) is 0. The maximum Gasteiger partial charge on any atom is 0.295 e. The van der Waals surface area contributed by atoms with Gasteiger partial charge in [-0.15, -0.1) is 0 Å². The van der Waals surface area contributed by atoms with Crippen LogP contribution in [0.1, 0.15) is 16.3 Å². The van der Waals surface area contributed by atoms with Crippen LogP contribution in [0, 0.1) is 6.92 Å². The Balaban J connectivity index is 1.94. The Bertz CT molecular complexity index is 712. The Labute approximate surface area is 114 Å². The predicted molar refractivity (Wildman–Crippen MR) is 75.8 cm³/mol. The highest BCUT2D eigenvalue weighted by Gasteiger charge is 2.19. The molecule has 0 aliphatic rings. The molecule has 19 heavy (non-hydrogen) atoms. The van der Waals surface area contributed by atoms with Gasteiger partial charge in [0.15, 0.2) is 10.9 Å². The fourth-order valence-electron chi connectivity index (χ4n) is 1.81. The standard InChI is InChI=1S/C14H12N2O2S/c1-9-7-8-11(18-9)13(17)16(2)14-15-10-5-3-4-6-12(10)19-14/h3-8H,1-2H3. The topological polar surface area (TPSA) is 46.3 Å². The SMILES string of the molecule is Cc1ccc(C(=O)N(C)c2nc3ccccc3s2)o1. The number of thiazole rings is 1. The number of furan rings is 1. The highest BCUT2D eigenvalue weighted by molar-refractivity contribution is 7.22. The largest absolute Gasteiger partial charge is 0.456 e. The van der Waals surface area contributed by atoms with Crippen molar-refractivity contribution in [1.82, 2.24) is 4.98 Å². The van der Waals surface area contributed by atoms with Crippen LogP contribution in [-0.2, 0) is 0 Å². The molecule has 96 valence electrons. The Hall–Kier alpha value is -2.14. The van der Waals surface area contributed by atoms with Crippen molar-refractivity contribution in [2.45, 2.75) is 6.92 Å². The molecule has 0 aliphatic heterocycles. The minimum atomic E-state index is -0.188. The molecule has 0 atom stereocenters. The molecule has 0 bridgehead atoms. The summed E-state index contributed by atoms with van der Waals surface area (Å²) >= 11 is 1.49. The van der Waals surface area contributed by atoms with E-state index in [1.54, 1.807) is 19.2 Å². The Kier molecular flexibility index (Phi) is 2.83. The molecule has 5 heteroatoms. The van der Waals surface area contributed by atoms with Crippen molar-refractivity contribution in [3.63, 3.8) is 0 Å². The number of aromatic nitrogens is 1. The second-order valence-corrected chi connectivity index (χ2v) is 5.25. The summed E-state index contributed by atoms with van der Waals surface area (Å²) in [6.45, 7) is 1.81. The van der Waals surface area contributed by atoms with Gasteiger partial charge in [-0.05, 0) is 31.2 Å². The number of carbonyl (C=O) groups excluding carboxylic acids is 1. The van der Waals surface area contributed by atoms with Gasteiger partial charge < -0.3 is 4.42 Å². The van der Waals surface area contributed by atoms with Crippen LogP contribution in [0.5, 0.6) is 0 Å². The Morgan fingerprint density at radius 2 is 2.05 bits per heavy atom. The molecule has 4 nitrogen and oxygen atoms in total. The molecule has 0 aliphatic carbocycles. The first-order chi connectivity index (χ1) is 9.15. The van der Waals surface area contributed by atoms with E-state index >= 15 is 0 Å². The molecule has 0 N–H and O–H groups in total. The summed E-state index contributed by atoms with van der Waals surface area (Å²) in [5, 5.41) is 0.667. The second-order valence-electron chi connectivity index (χ2n) is 4.24. The zero-order valence-electron chi connectivity index (χ0n) is 10.6. The highest BCUT2D eigenvalue weighted by Crippen LogP contribution is 2.28. The number of amides is 1. The second kappa shape index (κ2) is 4.51. The van der Waals surface area contributed by atoms with Crippen LogP contribution < -0.4 is 4.90 Å². The van der Waals surface area contributed by atoms with Gasteiger partial charge in [0.2, 0.25) is 0 Å². The minimum Gasteiger partial charge on any atom is -0.456 e. The molecule has 3 rings (SSSR count). The number of para-hydroxylation sites is 1. The number of rotatable bonds is 2. The maximum atomic E-state index is 12.2. The summed E-state index contributed by atoms with van der Waals surface area (Å²) in [6, 6.07) is 11.3. The Morgan fingerprint density at radius 3 is 2.74 bits per heavy atom. The fraction of sp³-hybridized carbons (Fsp3) is 0.143. The molecule has 0 fully saturated rings. The van der Waals surface area contributed by atoms with Gasteiger partial charge in [-0.25, -0.2) is 4.98 Å². The van der Waals surface area contributed by atoms with Crippen molar-refractivity contribution in [2.24, 2.45) is 0 Å². The first-order valence-electron chi connectivity index (χ1n) is 5.85. The van der Waals surface area contributed by atoms with Crippen molar-refractivity contribution >= 4 is 32.6 Å². The van der Waals surface area contributed by atoms with Crippen LogP contribution in [0.4, 0.5) is 5.13 Å². The van der Waals surface area contributed by atoms with Crippen LogP contribution in [0.25, 0.3) is 10.2 Å². The fourth-order valence-corrected chi connectivity index (χ4v) is 2.73. The molecule has 2 aromatic heterocycles. The van der Waals surface area contributed by atoms with Gasteiger partial charge in [-0.1, -0.05) is 23.5 Å². The summed E-state index contributed by atoms with van der Waals surface area (Å²) in [7, 11) is 1.71.